The second-order valence-corrected chi connectivity index (χ2v) is 5.69. The molecular weight excluding hydrogens is 339 g/mol. The van der Waals surface area contributed by atoms with Crippen LogP contribution in [0.5, 0.6) is 17.4 Å². The summed E-state index contributed by atoms with van der Waals surface area (Å²) in [6.07, 6.45) is 1.25. The molecule has 1 atom stereocenters. The average Bonchev–Trinajstić information content (AvgIpc) is 3.06. The van der Waals surface area contributed by atoms with Crippen molar-refractivity contribution in [1.29, 1.82) is 0 Å². The summed E-state index contributed by atoms with van der Waals surface area (Å²) < 4.78 is 16.8. The molecule has 1 unspecified atom stereocenters. The maximum atomic E-state index is 6.03. The summed E-state index contributed by atoms with van der Waals surface area (Å²) in [4.78, 5) is 8.28. The molecule has 1 aliphatic rings. The van der Waals surface area contributed by atoms with E-state index in [1.165, 1.54) is 6.20 Å². The largest absolute Gasteiger partial charge is 0.481 e. The summed E-state index contributed by atoms with van der Waals surface area (Å²) in [6, 6.07) is 8.71. The number of ether oxygens (including phenoxy) is 3. The van der Waals surface area contributed by atoms with Crippen molar-refractivity contribution in [3.05, 3.63) is 46.6 Å². The van der Waals surface area contributed by atoms with Crippen LogP contribution in [0.4, 0.5) is 0 Å². The fraction of sp³-hybridized carbons (Fsp3) is 0.250. The van der Waals surface area contributed by atoms with Crippen molar-refractivity contribution in [2.75, 3.05) is 13.2 Å². The predicted molar refractivity (Wildman–Crippen MR) is 89.1 cm³/mol. The lowest BCUT2D eigenvalue weighted by Gasteiger charge is -2.14. The average molecular weight is 353 g/mol. The maximum absolute atomic E-state index is 6.03. The third kappa shape index (κ3) is 4.06. The molecule has 5 nitrogen and oxygen atoms in total. The van der Waals surface area contributed by atoms with Crippen molar-refractivity contribution in [1.82, 2.24) is 4.98 Å². The van der Waals surface area contributed by atoms with Gasteiger partial charge in [0.2, 0.25) is 11.8 Å². The normalized spacial score (nSPS) is 14.8. The van der Waals surface area contributed by atoms with Gasteiger partial charge in [0.25, 0.3) is 0 Å². The van der Waals surface area contributed by atoms with E-state index in [9.17, 15) is 0 Å². The lowest BCUT2D eigenvalue weighted by molar-refractivity contribution is 0.234. The van der Waals surface area contributed by atoms with E-state index in [4.69, 9.17) is 37.4 Å². The van der Waals surface area contributed by atoms with Crippen molar-refractivity contribution >= 4 is 29.1 Å². The smallest absolute Gasteiger partial charge is 0.238 e. The van der Waals surface area contributed by atoms with E-state index >= 15 is 0 Å². The van der Waals surface area contributed by atoms with Crippen molar-refractivity contribution in [3.63, 3.8) is 0 Å². The van der Waals surface area contributed by atoms with Gasteiger partial charge in [0.1, 0.15) is 23.1 Å². The molecule has 1 aromatic carbocycles. The molecule has 120 valence electrons. The van der Waals surface area contributed by atoms with Gasteiger partial charge in [0, 0.05) is 6.20 Å². The molecule has 0 spiro atoms. The first-order valence-corrected chi connectivity index (χ1v) is 7.80. The van der Waals surface area contributed by atoms with Gasteiger partial charge in [0.05, 0.1) is 11.6 Å². The molecule has 0 aliphatic carbocycles. The Morgan fingerprint density at radius 3 is 2.57 bits per heavy atom. The van der Waals surface area contributed by atoms with Gasteiger partial charge in [-0.05, 0) is 37.3 Å². The van der Waals surface area contributed by atoms with E-state index in [1.54, 1.807) is 30.3 Å². The number of nitrogens with zero attached hydrogens (tertiary/aromatic N) is 2. The van der Waals surface area contributed by atoms with Crippen LogP contribution >= 0.6 is 23.2 Å². The molecule has 0 saturated carbocycles. The summed E-state index contributed by atoms with van der Waals surface area (Å²) in [5.41, 5.74) is 0. The Labute approximate surface area is 143 Å². The predicted octanol–water partition coefficient (Wildman–Crippen LogP) is 4.38. The zero-order valence-corrected chi connectivity index (χ0v) is 13.8. The number of rotatable bonds is 5. The third-order valence-corrected chi connectivity index (χ3v) is 3.56. The molecule has 1 aromatic heterocycles. The van der Waals surface area contributed by atoms with Gasteiger partial charge in [-0.2, -0.15) is 0 Å². The van der Waals surface area contributed by atoms with Crippen LogP contribution in [-0.2, 0) is 4.74 Å². The van der Waals surface area contributed by atoms with Gasteiger partial charge in [0.15, 0.2) is 6.10 Å². The molecule has 0 radical (unpaired) electrons. The number of halogens is 2. The van der Waals surface area contributed by atoms with Gasteiger partial charge >= 0.3 is 0 Å². The first kappa shape index (κ1) is 15.9. The van der Waals surface area contributed by atoms with E-state index in [2.05, 4.69) is 9.98 Å². The molecule has 0 amide bonds. The molecule has 7 heteroatoms. The number of aliphatic imine (C=N–C) groups is 1. The van der Waals surface area contributed by atoms with Gasteiger partial charge in [-0.3, -0.25) is 0 Å². The molecule has 2 aromatic rings. The molecule has 23 heavy (non-hydrogen) atoms. The summed E-state index contributed by atoms with van der Waals surface area (Å²) in [6.45, 7) is 3.20. The van der Waals surface area contributed by atoms with Crippen molar-refractivity contribution < 1.29 is 14.2 Å². The minimum Gasteiger partial charge on any atom is -0.481 e. The lowest BCUT2D eigenvalue weighted by Crippen LogP contribution is -2.23. The lowest BCUT2D eigenvalue weighted by atomic mass is 10.3. The summed E-state index contributed by atoms with van der Waals surface area (Å²) in [5, 5.41) is 0.806. The van der Waals surface area contributed by atoms with Gasteiger partial charge in [-0.15, -0.1) is 0 Å². The molecule has 0 saturated heterocycles. The Morgan fingerprint density at radius 1 is 1.17 bits per heavy atom. The molecule has 0 bridgehead atoms. The second kappa shape index (κ2) is 7.06. The monoisotopic (exact) mass is 352 g/mol. The first-order valence-electron chi connectivity index (χ1n) is 7.04. The summed E-state index contributed by atoms with van der Waals surface area (Å²) in [7, 11) is 0. The van der Waals surface area contributed by atoms with Crippen LogP contribution in [-0.4, -0.2) is 30.1 Å². The Hall–Kier alpha value is -1.98. The molecule has 0 N–H and O–H groups in total. The highest BCUT2D eigenvalue weighted by atomic mass is 35.5. The van der Waals surface area contributed by atoms with E-state index in [1.807, 2.05) is 6.92 Å². The SMILES string of the molecule is CC(Oc1ccc(Oc2ncc(Cl)cc2Cl)cc1)C1=NCCO1. The highest BCUT2D eigenvalue weighted by Crippen LogP contribution is 2.30. The van der Waals surface area contributed by atoms with E-state index < -0.39 is 0 Å². The highest BCUT2D eigenvalue weighted by molar-refractivity contribution is 6.35. The van der Waals surface area contributed by atoms with Crippen molar-refractivity contribution in [2.45, 2.75) is 13.0 Å². The van der Waals surface area contributed by atoms with E-state index in [-0.39, 0.29) is 6.10 Å². The van der Waals surface area contributed by atoms with Gasteiger partial charge < -0.3 is 14.2 Å². The zero-order chi connectivity index (χ0) is 16.2. The molecule has 0 fully saturated rings. The van der Waals surface area contributed by atoms with Gasteiger partial charge in [-0.25, -0.2) is 9.98 Å². The van der Waals surface area contributed by atoms with E-state index in [0.29, 0.717) is 46.5 Å². The minimum atomic E-state index is -0.225. The van der Waals surface area contributed by atoms with Crippen LogP contribution in [0.25, 0.3) is 0 Å². The molecule has 3 rings (SSSR count). The molecule has 1 aliphatic heterocycles. The molecular formula is C16H14Cl2N2O3. The van der Waals surface area contributed by atoms with Crippen LogP contribution < -0.4 is 9.47 Å². The zero-order valence-electron chi connectivity index (χ0n) is 12.3. The van der Waals surface area contributed by atoms with Gasteiger partial charge in [-0.1, -0.05) is 23.2 Å². The quantitative estimate of drug-likeness (QED) is 0.801. The maximum Gasteiger partial charge on any atom is 0.238 e. The topological polar surface area (TPSA) is 52.9 Å². The Kier molecular flexibility index (Phi) is 4.88. The fourth-order valence-electron chi connectivity index (χ4n) is 2.03. The summed E-state index contributed by atoms with van der Waals surface area (Å²) >= 11 is 11.8. The Balaban J connectivity index is 1.64. The first-order chi connectivity index (χ1) is 11.1. The summed E-state index contributed by atoms with van der Waals surface area (Å²) in [5.74, 6) is 2.21. The van der Waals surface area contributed by atoms with Crippen molar-refractivity contribution in [3.8, 4) is 17.4 Å². The third-order valence-electron chi connectivity index (χ3n) is 3.08. The van der Waals surface area contributed by atoms with Crippen LogP contribution in [0.15, 0.2) is 41.5 Å². The number of pyridine rings is 1. The van der Waals surface area contributed by atoms with Crippen LogP contribution in [0, 0.1) is 0 Å². The van der Waals surface area contributed by atoms with Crippen LogP contribution in [0.1, 0.15) is 6.92 Å². The minimum absolute atomic E-state index is 0.225. The van der Waals surface area contributed by atoms with Crippen molar-refractivity contribution in [2.24, 2.45) is 4.99 Å². The number of benzene rings is 1. The highest BCUT2D eigenvalue weighted by Gasteiger charge is 2.17. The fourth-order valence-corrected chi connectivity index (χ4v) is 2.45. The number of hydrogen-bond donors (Lipinski definition) is 0. The second-order valence-electron chi connectivity index (χ2n) is 4.84. The van der Waals surface area contributed by atoms with Crippen LogP contribution in [0.2, 0.25) is 10.0 Å². The number of aromatic nitrogens is 1. The standard InChI is InChI=1S/C16H14Cl2N2O3/c1-10(15-19-6-7-21-15)22-12-2-4-13(5-3-12)23-16-14(18)8-11(17)9-20-16/h2-5,8-10H,6-7H2,1H3. The number of hydrogen-bond acceptors (Lipinski definition) is 5. The van der Waals surface area contributed by atoms with E-state index in [0.717, 1.165) is 0 Å². The molecule has 2 heterocycles. The Bertz CT molecular complexity index is 720. The Morgan fingerprint density at radius 2 is 1.91 bits per heavy atom. The van der Waals surface area contributed by atoms with Crippen LogP contribution in [0.3, 0.4) is 0 Å².